The molecule has 0 spiro atoms. The first-order chi connectivity index (χ1) is 10.6. The number of Topliss-reactive ketones (excluding diaryl/α,β-unsaturated/α-hetero) is 1. The Morgan fingerprint density at radius 2 is 1.77 bits per heavy atom. The summed E-state index contributed by atoms with van der Waals surface area (Å²) in [4.78, 5) is 37.4. The zero-order valence-corrected chi connectivity index (χ0v) is 13.6. The van der Waals surface area contributed by atoms with E-state index < -0.39 is 0 Å². The highest BCUT2D eigenvalue weighted by Crippen LogP contribution is 2.36. The van der Waals surface area contributed by atoms with Gasteiger partial charge in [-0.2, -0.15) is 0 Å². The third-order valence-electron chi connectivity index (χ3n) is 4.04. The van der Waals surface area contributed by atoms with Crippen molar-refractivity contribution in [3.05, 3.63) is 34.9 Å². The molecule has 0 aromatic heterocycles. The lowest BCUT2D eigenvalue weighted by molar-refractivity contribution is -0.137. The van der Waals surface area contributed by atoms with Gasteiger partial charge in [0, 0.05) is 29.3 Å². The fourth-order valence-corrected chi connectivity index (χ4v) is 3.48. The van der Waals surface area contributed by atoms with Crippen LogP contribution in [0, 0.1) is 0 Å². The van der Waals surface area contributed by atoms with E-state index in [2.05, 4.69) is 15.9 Å². The molecule has 0 saturated carbocycles. The molecule has 1 aromatic carbocycles. The second-order valence-electron chi connectivity index (χ2n) is 5.20. The van der Waals surface area contributed by atoms with Gasteiger partial charge >= 0.3 is 0 Å². The monoisotopic (exact) mass is 363 g/mol. The van der Waals surface area contributed by atoms with Gasteiger partial charge in [0.05, 0.1) is 13.7 Å². The largest absolute Gasteiger partial charge is 0.497 e. The molecule has 1 saturated heterocycles. The Morgan fingerprint density at radius 1 is 1.09 bits per heavy atom. The van der Waals surface area contributed by atoms with Crippen LogP contribution < -0.4 is 4.74 Å². The molecule has 3 rings (SSSR count). The predicted molar refractivity (Wildman–Crippen MR) is 84.0 cm³/mol. The summed E-state index contributed by atoms with van der Waals surface area (Å²) in [5, 5.41) is 0.490. The average molecular weight is 364 g/mol. The van der Waals surface area contributed by atoms with Gasteiger partial charge in [-0.05, 0) is 23.3 Å². The van der Waals surface area contributed by atoms with Crippen molar-refractivity contribution in [2.24, 2.45) is 0 Å². The quantitative estimate of drug-likeness (QED) is 0.607. The van der Waals surface area contributed by atoms with Crippen LogP contribution in [0.5, 0.6) is 5.75 Å². The Kier molecular flexibility index (Phi) is 3.87. The summed E-state index contributed by atoms with van der Waals surface area (Å²) in [5.74, 6) is 0.0342. The van der Waals surface area contributed by atoms with E-state index in [0.717, 1.165) is 11.1 Å². The zero-order chi connectivity index (χ0) is 15.9. The van der Waals surface area contributed by atoms with Gasteiger partial charge in [-0.15, -0.1) is 0 Å². The number of ether oxygens (including phenoxy) is 1. The van der Waals surface area contributed by atoms with Crippen LogP contribution in [0.3, 0.4) is 0 Å². The van der Waals surface area contributed by atoms with Crippen molar-refractivity contribution in [1.82, 2.24) is 4.90 Å². The minimum atomic E-state index is -0.215. The number of carbonyl (C=O) groups excluding carboxylic acids is 3. The van der Waals surface area contributed by atoms with Crippen molar-refractivity contribution in [2.45, 2.75) is 12.8 Å². The second-order valence-corrected chi connectivity index (χ2v) is 5.77. The lowest BCUT2D eigenvalue weighted by Crippen LogP contribution is -2.32. The van der Waals surface area contributed by atoms with Crippen molar-refractivity contribution < 1.29 is 19.1 Å². The van der Waals surface area contributed by atoms with Gasteiger partial charge in [0.15, 0.2) is 5.78 Å². The summed E-state index contributed by atoms with van der Waals surface area (Å²) >= 11 is 3.40. The van der Waals surface area contributed by atoms with E-state index in [4.69, 9.17) is 4.74 Å². The number of ketones is 1. The maximum atomic E-state index is 12.7. The molecule has 0 radical (unpaired) electrons. The van der Waals surface area contributed by atoms with Crippen LogP contribution in [-0.4, -0.2) is 41.5 Å². The summed E-state index contributed by atoms with van der Waals surface area (Å²) < 4.78 is 5.16. The number of benzene rings is 1. The molecule has 0 unspecified atom stereocenters. The maximum absolute atomic E-state index is 12.7. The Hall–Kier alpha value is -1.95. The first kappa shape index (κ1) is 15.0. The van der Waals surface area contributed by atoms with Crippen LogP contribution in [0.25, 0.3) is 5.57 Å². The van der Waals surface area contributed by atoms with E-state index in [-0.39, 0.29) is 37.0 Å². The topological polar surface area (TPSA) is 63.7 Å². The first-order valence-electron chi connectivity index (χ1n) is 6.91. The number of halogens is 1. The number of hydrogen-bond acceptors (Lipinski definition) is 4. The van der Waals surface area contributed by atoms with E-state index in [1.807, 2.05) is 6.07 Å². The van der Waals surface area contributed by atoms with Crippen LogP contribution in [0.4, 0.5) is 0 Å². The van der Waals surface area contributed by atoms with Gasteiger partial charge in [0.2, 0.25) is 11.8 Å². The van der Waals surface area contributed by atoms with Crippen molar-refractivity contribution in [3.63, 3.8) is 0 Å². The number of rotatable bonds is 4. The Labute approximate surface area is 136 Å². The molecule has 0 bridgehead atoms. The van der Waals surface area contributed by atoms with E-state index in [1.165, 1.54) is 4.90 Å². The number of allylic oxidation sites excluding steroid dienone is 1. The molecular weight excluding hydrogens is 350 g/mol. The normalized spacial score (nSPS) is 17.5. The maximum Gasteiger partial charge on any atom is 0.230 e. The Morgan fingerprint density at radius 3 is 2.36 bits per heavy atom. The highest BCUT2D eigenvalue weighted by Gasteiger charge is 2.35. The van der Waals surface area contributed by atoms with E-state index in [0.29, 0.717) is 22.2 Å². The smallest absolute Gasteiger partial charge is 0.230 e. The number of fused-ring (bicyclic) bond motifs is 1. The third-order valence-corrected chi connectivity index (χ3v) is 4.60. The lowest BCUT2D eigenvalue weighted by atomic mass is 10.1. The molecule has 2 amide bonds. The number of likely N-dealkylation sites (tertiary alicyclic amines) is 1. The van der Waals surface area contributed by atoms with Crippen LogP contribution in [0.15, 0.2) is 23.8 Å². The Balaban J connectivity index is 1.99. The van der Waals surface area contributed by atoms with Gasteiger partial charge in [-0.25, -0.2) is 0 Å². The fraction of sp³-hybridized carbons (Fsp3) is 0.312. The molecule has 0 N–H and O–H groups in total. The SMILES string of the molecule is COc1ccc2c(c1)C(=O)C(CN1C(=O)CCC1=O)=C2CBr. The van der Waals surface area contributed by atoms with E-state index >= 15 is 0 Å². The molecule has 1 heterocycles. The first-order valence-corrected chi connectivity index (χ1v) is 8.03. The molecule has 2 aliphatic rings. The third kappa shape index (κ3) is 2.27. The van der Waals surface area contributed by atoms with Crippen molar-refractivity contribution in [2.75, 3.05) is 19.0 Å². The number of imide groups is 1. The van der Waals surface area contributed by atoms with Crippen molar-refractivity contribution >= 4 is 39.1 Å². The molecule has 22 heavy (non-hydrogen) atoms. The number of hydrogen-bond donors (Lipinski definition) is 0. The molecule has 0 atom stereocenters. The molecule has 5 nitrogen and oxygen atoms in total. The summed E-state index contributed by atoms with van der Waals surface area (Å²) in [7, 11) is 1.54. The van der Waals surface area contributed by atoms with Crippen LogP contribution >= 0.6 is 15.9 Å². The number of methoxy groups -OCH3 is 1. The minimum Gasteiger partial charge on any atom is -0.497 e. The number of amides is 2. The predicted octanol–water partition coefficient (Wildman–Crippen LogP) is 2.19. The Bertz CT molecular complexity index is 707. The number of carbonyl (C=O) groups is 3. The van der Waals surface area contributed by atoms with E-state index in [9.17, 15) is 14.4 Å². The van der Waals surface area contributed by atoms with Crippen molar-refractivity contribution in [3.8, 4) is 5.75 Å². The minimum absolute atomic E-state index is 0.0500. The zero-order valence-electron chi connectivity index (χ0n) is 12.0. The van der Waals surface area contributed by atoms with Gasteiger partial charge in [0.1, 0.15) is 5.75 Å². The molecule has 6 heteroatoms. The van der Waals surface area contributed by atoms with E-state index in [1.54, 1.807) is 19.2 Å². The molecule has 1 fully saturated rings. The average Bonchev–Trinajstić information content (AvgIpc) is 2.99. The summed E-state index contributed by atoms with van der Waals surface area (Å²) in [6.45, 7) is 0.0500. The molecule has 1 aliphatic carbocycles. The number of alkyl halides is 1. The second kappa shape index (κ2) is 5.68. The molecule has 1 aromatic rings. The summed E-state index contributed by atoms with van der Waals surface area (Å²) in [6.07, 6.45) is 0.454. The van der Waals surface area contributed by atoms with Gasteiger partial charge in [-0.1, -0.05) is 22.0 Å². The number of nitrogens with zero attached hydrogens (tertiary/aromatic N) is 1. The summed E-state index contributed by atoms with van der Waals surface area (Å²) in [6, 6.07) is 5.33. The molecule has 1 aliphatic heterocycles. The van der Waals surface area contributed by atoms with Gasteiger partial charge < -0.3 is 4.74 Å². The summed E-state index contributed by atoms with van der Waals surface area (Å²) in [5.41, 5.74) is 2.72. The highest BCUT2D eigenvalue weighted by molar-refractivity contribution is 9.09. The fourth-order valence-electron chi connectivity index (χ4n) is 2.84. The van der Waals surface area contributed by atoms with Gasteiger partial charge in [-0.3, -0.25) is 19.3 Å². The molecule has 114 valence electrons. The van der Waals surface area contributed by atoms with Gasteiger partial charge in [0.25, 0.3) is 0 Å². The standard InChI is InChI=1S/C16H14BrNO4/c1-22-9-2-3-10-11(6-9)16(21)13(12(10)7-17)8-18-14(19)4-5-15(18)20/h2-3,6H,4-5,7-8H2,1H3. The van der Waals surface area contributed by atoms with Crippen LogP contribution in [-0.2, 0) is 9.59 Å². The lowest BCUT2D eigenvalue weighted by Gasteiger charge is -2.14. The molecular formula is C16H14BrNO4. The van der Waals surface area contributed by atoms with Crippen LogP contribution in [0.1, 0.15) is 28.8 Å². The van der Waals surface area contributed by atoms with Crippen LogP contribution in [0.2, 0.25) is 0 Å². The van der Waals surface area contributed by atoms with Crippen molar-refractivity contribution in [1.29, 1.82) is 0 Å². The highest BCUT2D eigenvalue weighted by atomic mass is 79.9.